The van der Waals surface area contributed by atoms with Crippen LogP contribution in [0.4, 0.5) is 5.69 Å². The first-order valence-electron chi connectivity index (χ1n) is 20.8. The molecule has 0 amide bonds. The van der Waals surface area contributed by atoms with E-state index in [1.54, 1.807) is 14.2 Å². The van der Waals surface area contributed by atoms with Gasteiger partial charge in [-0.15, -0.1) is 0 Å². The highest BCUT2D eigenvalue weighted by Crippen LogP contribution is 2.68. The van der Waals surface area contributed by atoms with Crippen LogP contribution in [0.25, 0.3) is 10.9 Å². The second-order valence-corrected chi connectivity index (χ2v) is 18.0. The van der Waals surface area contributed by atoms with Gasteiger partial charge in [0.1, 0.15) is 11.2 Å². The number of H-pyrrole nitrogens is 1. The number of fused-ring (bicyclic) bond motifs is 6. The lowest BCUT2D eigenvalue weighted by atomic mass is 9.47. The van der Waals surface area contributed by atoms with Crippen LogP contribution in [0, 0.1) is 11.3 Å². The number of esters is 2. The summed E-state index contributed by atoms with van der Waals surface area (Å²) in [4.78, 5) is 52.2. The summed E-state index contributed by atoms with van der Waals surface area (Å²) >= 11 is 0. The van der Waals surface area contributed by atoms with Crippen molar-refractivity contribution in [3.63, 3.8) is 0 Å². The minimum Gasteiger partial charge on any atom is -0.496 e. The van der Waals surface area contributed by atoms with Crippen molar-refractivity contribution in [3.05, 3.63) is 70.9 Å². The van der Waals surface area contributed by atoms with Crippen molar-refractivity contribution in [2.45, 2.75) is 99.5 Å². The Bertz CT molecular complexity index is 2240. The Hall–Kier alpha value is -4.43. The van der Waals surface area contributed by atoms with Gasteiger partial charge in [0.05, 0.1) is 25.9 Å². The average molecular weight is 797 g/mol. The number of aromatic nitrogens is 1. The maximum atomic E-state index is 15.3. The minimum atomic E-state index is -2.53. The Morgan fingerprint density at radius 2 is 1.78 bits per heavy atom. The summed E-state index contributed by atoms with van der Waals surface area (Å²) in [5.41, 5.74) is -2.26. The first-order chi connectivity index (χ1) is 27.7. The van der Waals surface area contributed by atoms with E-state index in [2.05, 4.69) is 26.9 Å². The zero-order valence-corrected chi connectivity index (χ0v) is 34.3. The fraction of sp³-hybridized carbons (Fsp3) is 0.578. The number of aromatic amines is 1. The number of carbonyl (C=O) groups is 3. The van der Waals surface area contributed by atoms with Gasteiger partial charge < -0.3 is 39.4 Å². The van der Waals surface area contributed by atoms with Crippen LogP contribution in [0.1, 0.15) is 75.3 Å². The number of nitrogens with zero attached hydrogens (tertiary/aromatic N) is 3. The quantitative estimate of drug-likeness (QED) is 0.202. The number of ether oxygens (including phenoxy) is 3. The predicted molar refractivity (Wildman–Crippen MR) is 216 cm³/mol. The minimum absolute atomic E-state index is 0.115. The van der Waals surface area contributed by atoms with E-state index in [1.165, 1.54) is 14.0 Å². The molecular weight excluding hydrogens is 741 g/mol. The molecule has 2 saturated heterocycles. The van der Waals surface area contributed by atoms with Gasteiger partial charge in [-0.25, -0.2) is 4.79 Å². The second-order valence-electron chi connectivity index (χ2n) is 18.0. The molecule has 1 spiro atoms. The molecule has 1 aromatic heterocycles. The predicted octanol–water partition coefficient (Wildman–Crippen LogP) is 3.90. The van der Waals surface area contributed by atoms with Crippen LogP contribution in [0.15, 0.2) is 48.6 Å². The number of hydrogen-bond acceptors (Lipinski definition) is 11. The molecule has 10 atom stereocenters. The monoisotopic (exact) mass is 796 g/mol. The first kappa shape index (κ1) is 39.1. The number of carbonyl (C=O) groups excluding carboxylic acids is 2. The smallest absolute Gasteiger partial charge is 0.341 e. The van der Waals surface area contributed by atoms with E-state index in [9.17, 15) is 24.9 Å². The topological polar surface area (TPSA) is 165 Å². The maximum Gasteiger partial charge on any atom is 0.341 e. The molecule has 6 aliphatic rings. The highest BCUT2D eigenvalue weighted by molar-refractivity contribution is 5.95. The summed E-state index contributed by atoms with van der Waals surface area (Å²) in [5, 5.41) is 37.2. The van der Waals surface area contributed by atoms with Gasteiger partial charge in [-0.1, -0.05) is 44.2 Å². The van der Waals surface area contributed by atoms with Crippen LogP contribution >= 0.6 is 0 Å². The number of likely N-dealkylation sites (N-methyl/N-ethyl adjacent to an activating group) is 1. The van der Waals surface area contributed by atoms with Gasteiger partial charge >= 0.3 is 17.9 Å². The lowest BCUT2D eigenvalue weighted by molar-refractivity contribution is -0.226. The molecule has 1 aliphatic carbocycles. The van der Waals surface area contributed by atoms with Crippen molar-refractivity contribution in [2.24, 2.45) is 11.3 Å². The highest BCUT2D eigenvalue weighted by atomic mass is 16.6. The molecule has 2 aromatic carbocycles. The summed E-state index contributed by atoms with van der Waals surface area (Å²) in [7, 11) is 4.79. The van der Waals surface area contributed by atoms with Gasteiger partial charge in [0.15, 0.2) is 6.10 Å². The van der Waals surface area contributed by atoms with Crippen molar-refractivity contribution in [1.29, 1.82) is 0 Å². The van der Waals surface area contributed by atoms with E-state index >= 15 is 4.79 Å². The number of carboxylic acid groups (broad SMARTS) is 1. The Labute approximate surface area is 338 Å². The van der Waals surface area contributed by atoms with Crippen molar-refractivity contribution in [1.82, 2.24) is 14.8 Å². The van der Waals surface area contributed by atoms with Crippen LogP contribution in [-0.4, -0.2) is 131 Å². The molecule has 3 unspecified atom stereocenters. The second kappa shape index (κ2) is 13.3. The number of aliphatic hydroxyl groups is 2. The molecule has 9 rings (SSSR count). The van der Waals surface area contributed by atoms with E-state index < -0.39 is 57.5 Å². The number of para-hydroxylation sites is 1. The number of nitrogens with one attached hydrogen (secondary N) is 1. The molecular formula is C45H56N4O9. The Morgan fingerprint density at radius 3 is 2.47 bits per heavy atom. The molecule has 4 N–H and O–H groups in total. The van der Waals surface area contributed by atoms with Crippen molar-refractivity contribution in [3.8, 4) is 5.75 Å². The van der Waals surface area contributed by atoms with Crippen molar-refractivity contribution < 1.29 is 43.9 Å². The Morgan fingerprint density at radius 1 is 1.00 bits per heavy atom. The SMILES string of the molecule is CC[C@]1(O)C[C@@H]2CN(CCc3c([nH]c4ccccc34)[C@@](C(=O)OC)(c3cc4c(cc3OC)N(C)[C@@H]3C45CCN4CC=C[C@@](CC)(C(OC(C)=O)[C@]3(O)C(=O)O)[C@H]45)C2)C1. The molecule has 310 valence electrons. The molecule has 2 bridgehead atoms. The van der Waals surface area contributed by atoms with Gasteiger partial charge in [0.25, 0.3) is 0 Å². The first-order valence-corrected chi connectivity index (χ1v) is 20.8. The zero-order valence-electron chi connectivity index (χ0n) is 34.3. The normalized spacial score (nSPS) is 37.4. The maximum absolute atomic E-state index is 15.3. The van der Waals surface area contributed by atoms with Crippen LogP contribution < -0.4 is 9.64 Å². The average Bonchev–Trinajstić information content (AvgIpc) is 3.87. The molecule has 0 radical (unpaired) electrons. The lowest BCUT2D eigenvalue weighted by Crippen LogP contribution is -2.81. The zero-order chi connectivity index (χ0) is 41.2. The van der Waals surface area contributed by atoms with Crippen LogP contribution in [0.2, 0.25) is 0 Å². The molecule has 13 heteroatoms. The van der Waals surface area contributed by atoms with Gasteiger partial charge in [-0.2, -0.15) is 0 Å². The number of hydrogen-bond donors (Lipinski definition) is 4. The molecule has 3 fully saturated rings. The molecule has 13 nitrogen and oxygen atoms in total. The van der Waals surface area contributed by atoms with E-state index in [0.717, 1.165) is 27.7 Å². The fourth-order valence-electron chi connectivity index (χ4n) is 13.4. The number of anilines is 1. The summed E-state index contributed by atoms with van der Waals surface area (Å²) in [6.07, 6.45) is 5.52. The summed E-state index contributed by atoms with van der Waals surface area (Å²) < 4.78 is 18.2. The number of rotatable bonds is 7. The van der Waals surface area contributed by atoms with E-state index in [1.807, 2.05) is 55.2 Å². The van der Waals surface area contributed by atoms with Gasteiger partial charge in [-0.3, -0.25) is 19.4 Å². The summed E-state index contributed by atoms with van der Waals surface area (Å²) in [6.45, 7) is 8.40. The van der Waals surface area contributed by atoms with E-state index in [0.29, 0.717) is 88.2 Å². The largest absolute Gasteiger partial charge is 0.496 e. The molecule has 6 heterocycles. The summed E-state index contributed by atoms with van der Waals surface area (Å²) in [5.74, 6) is -2.29. The van der Waals surface area contributed by atoms with Crippen LogP contribution in [0.3, 0.4) is 0 Å². The van der Waals surface area contributed by atoms with Crippen LogP contribution in [-0.2, 0) is 41.1 Å². The molecule has 58 heavy (non-hydrogen) atoms. The molecule has 1 saturated carbocycles. The fourth-order valence-corrected chi connectivity index (χ4v) is 13.4. The number of methoxy groups -OCH3 is 2. The Kier molecular flexibility index (Phi) is 8.95. The molecule has 5 aliphatic heterocycles. The van der Waals surface area contributed by atoms with E-state index in [4.69, 9.17) is 14.2 Å². The van der Waals surface area contributed by atoms with Crippen LogP contribution in [0.5, 0.6) is 5.75 Å². The van der Waals surface area contributed by atoms with Gasteiger partial charge in [0.2, 0.25) is 5.60 Å². The van der Waals surface area contributed by atoms with Crippen molar-refractivity contribution in [2.75, 3.05) is 58.9 Å². The Balaban J connectivity index is 1.36. The number of carboxylic acids is 1. The van der Waals surface area contributed by atoms with E-state index in [-0.39, 0.29) is 12.0 Å². The standard InChI is InChI=1S/C45H56N4O9/c1-7-41(54)22-27-23-44(40(53)57-6,35-29(14-18-48(24-27)25-41)28-12-9-10-13-32(28)46-35)31-20-30-33(21-34(31)56-5)47(4)37-43(30)16-19-49-17-11-15-42(8-2,36(43)49)38(58-26(3)50)45(37,55)39(51)52/h9-13,15,20-21,27,36-38,46,54-55H,7-8,14,16-19,22-25H2,1-6H3,(H,51,52)/t27-,36-,37+,38?,41-,42+,43?,44-,45-/m0/s1. The third-order valence-corrected chi connectivity index (χ3v) is 15.4. The number of piperidine rings is 1. The number of aliphatic carboxylic acids is 1. The highest BCUT2D eigenvalue weighted by Gasteiger charge is 2.80. The number of benzene rings is 2. The third-order valence-electron chi connectivity index (χ3n) is 15.4. The summed E-state index contributed by atoms with van der Waals surface area (Å²) in [6, 6.07) is 10.6. The van der Waals surface area contributed by atoms with Gasteiger partial charge in [0, 0.05) is 90.9 Å². The van der Waals surface area contributed by atoms with Crippen molar-refractivity contribution >= 4 is 34.5 Å². The van der Waals surface area contributed by atoms with Gasteiger partial charge in [-0.05, 0) is 74.2 Å². The third kappa shape index (κ3) is 4.93. The lowest BCUT2D eigenvalue weighted by Gasteiger charge is -2.63. The molecule has 3 aromatic rings.